The number of rotatable bonds is 6. The first kappa shape index (κ1) is 14.4. The van der Waals surface area contributed by atoms with Gasteiger partial charge in [-0.2, -0.15) is 0 Å². The average Bonchev–Trinajstić information content (AvgIpc) is 2.25. The molecule has 0 aromatic carbocycles. The Morgan fingerprint density at radius 1 is 1.27 bits per heavy atom. The SMILES string of the molecule is CCC(C)(CO)C(O)C(C)(CC)C(=O)O. The van der Waals surface area contributed by atoms with Crippen molar-refractivity contribution in [2.24, 2.45) is 10.8 Å². The number of hydrogen-bond donors (Lipinski definition) is 3. The molecule has 0 aliphatic rings. The molecule has 4 heteroatoms. The second-order valence-corrected chi connectivity index (χ2v) is 4.64. The zero-order chi connectivity index (χ0) is 12.3. The maximum absolute atomic E-state index is 11.1. The normalized spacial score (nSPS) is 21.5. The van der Waals surface area contributed by atoms with Gasteiger partial charge in [0.25, 0.3) is 0 Å². The van der Waals surface area contributed by atoms with Crippen molar-refractivity contribution in [3.05, 3.63) is 0 Å². The van der Waals surface area contributed by atoms with Crippen molar-refractivity contribution >= 4 is 5.97 Å². The first-order chi connectivity index (χ1) is 6.78. The van der Waals surface area contributed by atoms with Gasteiger partial charge in [-0.05, 0) is 19.8 Å². The fourth-order valence-corrected chi connectivity index (χ4v) is 1.62. The van der Waals surface area contributed by atoms with Crippen molar-refractivity contribution in [2.75, 3.05) is 6.61 Å². The number of aliphatic carboxylic acids is 1. The molecule has 3 atom stereocenters. The van der Waals surface area contributed by atoms with Gasteiger partial charge in [-0.15, -0.1) is 0 Å². The summed E-state index contributed by atoms with van der Waals surface area (Å²) in [6.07, 6.45) is -0.186. The van der Waals surface area contributed by atoms with E-state index in [0.29, 0.717) is 12.8 Å². The van der Waals surface area contributed by atoms with Crippen LogP contribution in [0.5, 0.6) is 0 Å². The van der Waals surface area contributed by atoms with Gasteiger partial charge in [0.15, 0.2) is 0 Å². The fourth-order valence-electron chi connectivity index (χ4n) is 1.62. The summed E-state index contributed by atoms with van der Waals surface area (Å²) in [5.41, 5.74) is -1.96. The van der Waals surface area contributed by atoms with E-state index >= 15 is 0 Å². The van der Waals surface area contributed by atoms with Crippen LogP contribution in [0.4, 0.5) is 0 Å². The zero-order valence-corrected chi connectivity index (χ0v) is 9.95. The number of hydrogen-bond acceptors (Lipinski definition) is 3. The highest BCUT2D eigenvalue weighted by Crippen LogP contribution is 2.39. The third-order valence-corrected chi connectivity index (χ3v) is 3.66. The molecule has 0 spiro atoms. The van der Waals surface area contributed by atoms with E-state index in [2.05, 4.69) is 0 Å². The highest BCUT2D eigenvalue weighted by molar-refractivity contribution is 5.75. The molecular weight excluding hydrogens is 196 g/mol. The van der Waals surface area contributed by atoms with Gasteiger partial charge in [-0.1, -0.05) is 20.8 Å². The van der Waals surface area contributed by atoms with Crippen LogP contribution in [0, 0.1) is 10.8 Å². The monoisotopic (exact) mass is 218 g/mol. The van der Waals surface area contributed by atoms with Gasteiger partial charge >= 0.3 is 5.97 Å². The number of aliphatic hydroxyl groups excluding tert-OH is 2. The minimum Gasteiger partial charge on any atom is -0.481 e. The molecule has 0 aromatic rings. The van der Waals surface area contributed by atoms with Crippen LogP contribution >= 0.6 is 0 Å². The average molecular weight is 218 g/mol. The molecular formula is C11H22O4. The van der Waals surface area contributed by atoms with Crippen LogP contribution in [0.3, 0.4) is 0 Å². The molecule has 3 N–H and O–H groups in total. The summed E-state index contributed by atoms with van der Waals surface area (Å²) >= 11 is 0. The molecule has 90 valence electrons. The van der Waals surface area contributed by atoms with Gasteiger partial charge in [0.05, 0.1) is 18.1 Å². The van der Waals surface area contributed by atoms with Crippen molar-refractivity contribution in [3.63, 3.8) is 0 Å². The van der Waals surface area contributed by atoms with E-state index in [1.54, 1.807) is 13.8 Å². The predicted octanol–water partition coefficient (Wildman–Crippen LogP) is 1.26. The number of carboxylic acid groups (broad SMARTS) is 1. The molecule has 0 radical (unpaired) electrons. The van der Waals surface area contributed by atoms with Gasteiger partial charge in [0.1, 0.15) is 0 Å². The smallest absolute Gasteiger partial charge is 0.312 e. The molecule has 0 saturated carbocycles. The Hall–Kier alpha value is -0.610. The molecule has 15 heavy (non-hydrogen) atoms. The largest absolute Gasteiger partial charge is 0.481 e. The van der Waals surface area contributed by atoms with Crippen LogP contribution in [-0.4, -0.2) is 34.0 Å². The molecule has 0 saturated heterocycles. The highest BCUT2D eigenvalue weighted by Gasteiger charge is 2.47. The van der Waals surface area contributed by atoms with Gasteiger partial charge in [-0.25, -0.2) is 0 Å². The van der Waals surface area contributed by atoms with Crippen LogP contribution in [0.2, 0.25) is 0 Å². The summed E-state index contributed by atoms with van der Waals surface area (Å²) in [6.45, 7) is 6.56. The summed E-state index contributed by atoms with van der Waals surface area (Å²) in [7, 11) is 0. The minimum atomic E-state index is -1.20. The van der Waals surface area contributed by atoms with E-state index in [4.69, 9.17) is 5.11 Å². The first-order valence-electron chi connectivity index (χ1n) is 5.30. The maximum atomic E-state index is 11.1. The van der Waals surface area contributed by atoms with Crippen LogP contribution in [-0.2, 0) is 4.79 Å². The van der Waals surface area contributed by atoms with E-state index in [9.17, 15) is 15.0 Å². The number of carboxylic acids is 1. The Labute approximate surface area is 90.9 Å². The van der Waals surface area contributed by atoms with E-state index in [0.717, 1.165) is 0 Å². The van der Waals surface area contributed by atoms with E-state index in [-0.39, 0.29) is 6.61 Å². The van der Waals surface area contributed by atoms with Crippen LogP contribution in [0.1, 0.15) is 40.5 Å². The fraction of sp³-hybridized carbons (Fsp3) is 0.909. The second kappa shape index (κ2) is 4.94. The zero-order valence-electron chi connectivity index (χ0n) is 9.95. The Balaban J connectivity index is 5.10. The Kier molecular flexibility index (Phi) is 4.74. The molecule has 0 bridgehead atoms. The lowest BCUT2D eigenvalue weighted by Gasteiger charge is -2.40. The van der Waals surface area contributed by atoms with E-state index < -0.39 is 22.9 Å². The van der Waals surface area contributed by atoms with Gasteiger partial charge in [0.2, 0.25) is 0 Å². The van der Waals surface area contributed by atoms with Crippen LogP contribution in [0.15, 0.2) is 0 Å². The lowest BCUT2D eigenvalue weighted by atomic mass is 9.68. The standard InChI is InChI=1S/C11H22O4/c1-5-10(3,7-12)8(13)11(4,6-2)9(14)15/h8,12-13H,5-7H2,1-4H3,(H,14,15). The van der Waals surface area contributed by atoms with Gasteiger partial charge in [-0.3, -0.25) is 4.79 Å². The quantitative estimate of drug-likeness (QED) is 0.627. The predicted molar refractivity (Wildman–Crippen MR) is 57.5 cm³/mol. The van der Waals surface area contributed by atoms with Gasteiger partial charge in [0, 0.05) is 5.41 Å². The Morgan fingerprint density at radius 3 is 1.93 bits per heavy atom. The number of carbonyl (C=O) groups is 1. The van der Waals surface area contributed by atoms with Crippen molar-refractivity contribution in [1.82, 2.24) is 0 Å². The molecule has 0 fully saturated rings. The molecule has 0 aromatic heterocycles. The van der Waals surface area contributed by atoms with Crippen molar-refractivity contribution in [1.29, 1.82) is 0 Å². The number of aliphatic hydroxyl groups is 2. The molecule has 0 aliphatic carbocycles. The summed E-state index contributed by atoms with van der Waals surface area (Å²) < 4.78 is 0. The molecule has 4 nitrogen and oxygen atoms in total. The van der Waals surface area contributed by atoms with Gasteiger partial charge < -0.3 is 15.3 Å². The lowest BCUT2D eigenvalue weighted by molar-refractivity contribution is -0.165. The molecule has 0 amide bonds. The van der Waals surface area contributed by atoms with Crippen LogP contribution < -0.4 is 0 Å². The Bertz CT molecular complexity index is 223. The second-order valence-electron chi connectivity index (χ2n) is 4.64. The summed E-state index contributed by atoms with van der Waals surface area (Å²) in [5.74, 6) is -1.02. The first-order valence-corrected chi connectivity index (χ1v) is 5.30. The van der Waals surface area contributed by atoms with E-state index in [1.165, 1.54) is 6.92 Å². The topological polar surface area (TPSA) is 77.8 Å². The summed E-state index contributed by atoms with van der Waals surface area (Å²) in [6, 6.07) is 0. The molecule has 3 unspecified atom stereocenters. The highest BCUT2D eigenvalue weighted by atomic mass is 16.4. The van der Waals surface area contributed by atoms with E-state index in [1.807, 2.05) is 6.92 Å². The third-order valence-electron chi connectivity index (χ3n) is 3.66. The molecule has 0 aliphatic heterocycles. The summed E-state index contributed by atoms with van der Waals surface area (Å²) in [5, 5.41) is 28.5. The Morgan fingerprint density at radius 2 is 1.73 bits per heavy atom. The minimum absolute atomic E-state index is 0.215. The van der Waals surface area contributed by atoms with Crippen molar-refractivity contribution < 1.29 is 20.1 Å². The van der Waals surface area contributed by atoms with Crippen molar-refractivity contribution in [2.45, 2.75) is 46.6 Å². The maximum Gasteiger partial charge on any atom is 0.312 e. The summed E-state index contributed by atoms with van der Waals surface area (Å²) in [4.78, 5) is 11.1. The van der Waals surface area contributed by atoms with Crippen molar-refractivity contribution in [3.8, 4) is 0 Å². The van der Waals surface area contributed by atoms with Crippen LogP contribution in [0.25, 0.3) is 0 Å². The third kappa shape index (κ3) is 2.49. The molecule has 0 rings (SSSR count). The lowest BCUT2D eigenvalue weighted by Crippen LogP contribution is -2.50. The molecule has 0 heterocycles.